The highest BCUT2D eigenvalue weighted by Gasteiger charge is 2.40. The third-order valence-electron chi connectivity index (χ3n) is 3.06. The number of hydrogen-bond acceptors (Lipinski definition) is 3. The van der Waals surface area contributed by atoms with E-state index in [1.54, 1.807) is 25.1 Å². The number of carbonyl (C=O) groups is 1. The number of benzene rings is 1. The molecule has 2 rings (SSSR count). The van der Waals surface area contributed by atoms with Gasteiger partial charge in [0, 0.05) is 5.92 Å². The van der Waals surface area contributed by atoms with Crippen LogP contribution in [0.5, 0.6) is 0 Å². The molecule has 0 spiro atoms. The highest BCUT2D eigenvalue weighted by atomic mass is 32.2. The topological polar surface area (TPSA) is 63.2 Å². The number of rotatable bonds is 3. The van der Waals surface area contributed by atoms with Gasteiger partial charge in [-0.3, -0.25) is 4.79 Å². The van der Waals surface area contributed by atoms with Gasteiger partial charge < -0.3 is 0 Å². The van der Waals surface area contributed by atoms with Crippen molar-refractivity contribution < 1.29 is 13.2 Å². The number of nitrogens with one attached hydrogen (secondary N) is 1. The lowest BCUT2D eigenvalue weighted by Gasteiger charge is -2.08. The zero-order valence-corrected chi connectivity index (χ0v) is 10.6. The molecule has 92 valence electrons. The fourth-order valence-electron chi connectivity index (χ4n) is 1.81. The molecule has 1 aromatic carbocycles. The maximum atomic E-state index is 12.0. The molecule has 2 atom stereocenters. The predicted molar refractivity (Wildman–Crippen MR) is 63.8 cm³/mol. The highest BCUT2D eigenvalue weighted by molar-refractivity contribution is 7.90. The minimum absolute atomic E-state index is 0.145. The van der Waals surface area contributed by atoms with Gasteiger partial charge in [-0.1, -0.05) is 25.1 Å². The molecule has 2 unspecified atom stereocenters. The van der Waals surface area contributed by atoms with Crippen LogP contribution in [0.25, 0.3) is 0 Å². The van der Waals surface area contributed by atoms with Crippen molar-refractivity contribution in [2.75, 3.05) is 0 Å². The minimum Gasteiger partial charge on any atom is -0.274 e. The molecule has 1 saturated carbocycles. The average molecular weight is 253 g/mol. The first-order valence-corrected chi connectivity index (χ1v) is 7.02. The van der Waals surface area contributed by atoms with E-state index in [4.69, 9.17) is 0 Å². The van der Waals surface area contributed by atoms with E-state index in [0.29, 0.717) is 11.5 Å². The molecule has 1 aromatic rings. The molecule has 1 N–H and O–H groups in total. The molecular formula is C12H15NO3S. The van der Waals surface area contributed by atoms with Gasteiger partial charge >= 0.3 is 0 Å². The number of amides is 1. The van der Waals surface area contributed by atoms with Crippen molar-refractivity contribution in [2.24, 2.45) is 11.8 Å². The van der Waals surface area contributed by atoms with Crippen molar-refractivity contribution in [1.82, 2.24) is 4.72 Å². The number of sulfonamides is 1. The molecule has 0 saturated heterocycles. The molecule has 1 aliphatic rings. The van der Waals surface area contributed by atoms with Gasteiger partial charge in [0.25, 0.3) is 10.0 Å². The average Bonchev–Trinajstić information content (AvgIpc) is 2.95. The van der Waals surface area contributed by atoms with Crippen molar-refractivity contribution >= 4 is 15.9 Å². The molecule has 4 nitrogen and oxygen atoms in total. The zero-order valence-electron chi connectivity index (χ0n) is 9.80. The Bertz CT molecular complexity index is 551. The van der Waals surface area contributed by atoms with Crippen LogP contribution >= 0.6 is 0 Å². The molecule has 5 heteroatoms. The van der Waals surface area contributed by atoms with E-state index < -0.39 is 10.0 Å². The van der Waals surface area contributed by atoms with Crippen LogP contribution in [0.3, 0.4) is 0 Å². The highest BCUT2D eigenvalue weighted by Crippen LogP contribution is 2.37. The van der Waals surface area contributed by atoms with Gasteiger partial charge in [-0.05, 0) is 30.9 Å². The molecule has 1 amide bonds. The zero-order chi connectivity index (χ0) is 12.6. The number of carbonyl (C=O) groups excluding carboxylic acids is 1. The first-order valence-electron chi connectivity index (χ1n) is 5.54. The summed E-state index contributed by atoms with van der Waals surface area (Å²) in [4.78, 5) is 11.8. The third kappa shape index (κ3) is 2.49. The summed E-state index contributed by atoms with van der Waals surface area (Å²) in [6.07, 6.45) is 0.773. The Hall–Kier alpha value is -1.36. The van der Waals surface area contributed by atoms with Gasteiger partial charge in [0.1, 0.15) is 0 Å². The monoisotopic (exact) mass is 253 g/mol. The van der Waals surface area contributed by atoms with Crippen molar-refractivity contribution in [3.63, 3.8) is 0 Å². The first kappa shape index (κ1) is 12.1. The van der Waals surface area contributed by atoms with Gasteiger partial charge in [-0.2, -0.15) is 0 Å². The molecule has 17 heavy (non-hydrogen) atoms. The van der Waals surface area contributed by atoms with E-state index in [1.807, 2.05) is 6.92 Å². The standard InChI is InChI=1S/C12H15NO3S/c1-8-5-3-4-6-11(8)17(15,16)13-12(14)10-7-9(10)2/h3-6,9-10H,7H2,1-2H3,(H,13,14). The fraction of sp³-hybridized carbons (Fsp3) is 0.417. The van der Waals surface area contributed by atoms with Gasteiger partial charge in [0.05, 0.1) is 4.90 Å². The molecule has 0 aliphatic heterocycles. The number of hydrogen-bond donors (Lipinski definition) is 1. The fourth-order valence-corrected chi connectivity index (χ4v) is 3.08. The third-order valence-corrected chi connectivity index (χ3v) is 4.57. The van der Waals surface area contributed by atoms with Crippen LogP contribution < -0.4 is 4.72 Å². The summed E-state index contributed by atoms with van der Waals surface area (Å²) >= 11 is 0. The van der Waals surface area contributed by atoms with Gasteiger partial charge in [-0.15, -0.1) is 0 Å². The SMILES string of the molecule is Cc1ccccc1S(=O)(=O)NC(=O)C1CC1C. The van der Waals surface area contributed by atoms with Crippen molar-refractivity contribution in [2.45, 2.75) is 25.2 Å². The Morgan fingerprint density at radius 3 is 2.47 bits per heavy atom. The summed E-state index contributed by atoms with van der Waals surface area (Å²) in [6, 6.07) is 6.62. The lowest BCUT2D eigenvalue weighted by Crippen LogP contribution is -2.32. The second-order valence-corrected chi connectivity index (χ2v) is 6.21. The van der Waals surface area contributed by atoms with E-state index in [0.717, 1.165) is 6.42 Å². The van der Waals surface area contributed by atoms with Crippen LogP contribution in [-0.4, -0.2) is 14.3 Å². The van der Waals surface area contributed by atoms with Gasteiger partial charge in [-0.25, -0.2) is 13.1 Å². The molecule has 0 heterocycles. The Kier molecular flexibility index (Phi) is 2.95. The Balaban J connectivity index is 2.20. The predicted octanol–water partition coefficient (Wildman–Crippen LogP) is 1.46. The van der Waals surface area contributed by atoms with E-state index in [-0.39, 0.29) is 16.7 Å². The van der Waals surface area contributed by atoms with Crippen LogP contribution in [0.4, 0.5) is 0 Å². The lowest BCUT2D eigenvalue weighted by atomic mass is 10.2. The molecule has 0 aromatic heterocycles. The molecular weight excluding hydrogens is 238 g/mol. The van der Waals surface area contributed by atoms with Gasteiger partial charge in [0.15, 0.2) is 0 Å². The summed E-state index contributed by atoms with van der Waals surface area (Å²) in [7, 11) is -3.72. The second-order valence-electron chi connectivity index (χ2n) is 4.55. The second kappa shape index (κ2) is 4.14. The van der Waals surface area contributed by atoms with E-state index in [1.165, 1.54) is 6.07 Å². The normalized spacial score (nSPS) is 23.2. The molecule has 0 radical (unpaired) electrons. The van der Waals surface area contributed by atoms with Crippen molar-refractivity contribution in [3.8, 4) is 0 Å². The summed E-state index contributed by atoms with van der Waals surface area (Å²) in [5, 5.41) is 0. The van der Waals surface area contributed by atoms with E-state index >= 15 is 0 Å². The van der Waals surface area contributed by atoms with Crippen molar-refractivity contribution in [1.29, 1.82) is 0 Å². The minimum atomic E-state index is -3.72. The Morgan fingerprint density at radius 1 is 1.35 bits per heavy atom. The quantitative estimate of drug-likeness (QED) is 0.887. The van der Waals surface area contributed by atoms with Crippen LogP contribution in [0.15, 0.2) is 29.2 Å². The van der Waals surface area contributed by atoms with Crippen LogP contribution in [0.2, 0.25) is 0 Å². The van der Waals surface area contributed by atoms with E-state index in [2.05, 4.69) is 4.72 Å². The summed E-state index contributed by atoms with van der Waals surface area (Å²) in [6.45, 7) is 3.64. The maximum absolute atomic E-state index is 12.0. The van der Waals surface area contributed by atoms with Crippen LogP contribution in [-0.2, 0) is 14.8 Å². The summed E-state index contributed by atoms with van der Waals surface area (Å²) in [5.41, 5.74) is 0.636. The summed E-state index contributed by atoms with van der Waals surface area (Å²) < 4.78 is 26.1. The van der Waals surface area contributed by atoms with Crippen LogP contribution in [0, 0.1) is 18.8 Å². The Labute approximate surface area is 101 Å². The Morgan fingerprint density at radius 2 is 1.94 bits per heavy atom. The lowest BCUT2D eigenvalue weighted by molar-refractivity contribution is -0.120. The first-order chi connectivity index (χ1) is 7.92. The van der Waals surface area contributed by atoms with Crippen molar-refractivity contribution in [3.05, 3.63) is 29.8 Å². The molecule has 1 fully saturated rings. The van der Waals surface area contributed by atoms with E-state index in [9.17, 15) is 13.2 Å². The van der Waals surface area contributed by atoms with Gasteiger partial charge in [0.2, 0.25) is 5.91 Å². The summed E-state index contributed by atoms with van der Waals surface area (Å²) in [5.74, 6) is -0.239. The largest absolute Gasteiger partial charge is 0.274 e. The molecule has 1 aliphatic carbocycles. The maximum Gasteiger partial charge on any atom is 0.264 e. The number of aryl methyl sites for hydroxylation is 1. The molecule has 0 bridgehead atoms. The van der Waals surface area contributed by atoms with Crippen LogP contribution in [0.1, 0.15) is 18.9 Å². The smallest absolute Gasteiger partial charge is 0.264 e.